The number of para-hydroxylation sites is 2. The van der Waals surface area contributed by atoms with Gasteiger partial charge in [-0.2, -0.15) is 0 Å². The molecular formula is C30H34FN5O4. The number of hydrogen-bond donors (Lipinski definition) is 1. The van der Waals surface area contributed by atoms with Crippen molar-refractivity contribution in [3.05, 3.63) is 83.7 Å². The minimum atomic E-state index is -1.08. The summed E-state index contributed by atoms with van der Waals surface area (Å²) in [7, 11) is 3.00. The molecule has 210 valence electrons. The van der Waals surface area contributed by atoms with Crippen LogP contribution in [0.4, 0.5) is 4.39 Å². The zero-order chi connectivity index (χ0) is 28.6. The van der Waals surface area contributed by atoms with E-state index in [4.69, 9.17) is 9.47 Å². The van der Waals surface area contributed by atoms with Crippen LogP contribution in [0.1, 0.15) is 37.4 Å². The molecule has 0 radical (unpaired) electrons. The van der Waals surface area contributed by atoms with Crippen molar-refractivity contribution in [3.8, 4) is 11.5 Å². The number of methoxy groups -OCH3 is 2. The normalized spacial score (nSPS) is 11.8. The highest BCUT2D eigenvalue weighted by Gasteiger charge is 2.35. The van der Waals surface area contributed by atoms with Gasteiger partial charge in [-0.1, -0.05) is 55.5 Å². The van der Waals surface area contributed by atoms with Crippen molar-refractivity contribution >= 4 is 22.8 Å². The fourth-order valence-electron chi connectivity index (χ4n) is 4.52. The van der Waals surface area contributed by atoms with Crippen molar-refractivity contribution in [1.82, 2.24) is 25.2 Å². The Bertz CT molecular complexity index is 1450. The van der Waals surface area contributed by atoms with E-state index in [9.17, 15) is 14.0 Å². The van der Waals surface area contributed by atoms with Gasteiger partial charge in [0.25, 0.3) is 0 Å². The van der Waals surface area contributed by atoms with Gasteiger partial charge in [0, 0.05) is 18.7 Å². The summed E-state index contributed by atoms with van der Waals surface area (Å²) in [5, 5.41) is 11.3. The minimum Gasteiger partial charge on any atom is -0.493 e. The first-order valence-corrected chi connectivity index (χ1v) is 13.1. The smallest absolute Gasteiger partial charge is 0.247 e. The highest BCUT2D eigenvalue weighted by molar-refractivity contribution is 5.90. The molecule has 1 heterocycles. The molecule has 0 saturated carbocycles. The molecular weight excluding hydrogens is 513 g/mol. The summed E-state index contributed by atoms with van der Waals surface area (Å²) < 4.78 is 26.4. The Morgan fingerprint density at radius 1 is 1.00 bits per heavy atom. The van der Waals surface area contributed by atoms with Gasteiger partial charge in [0.2, 0.25) is 11.8 Å². The molecule has 0 bridgehead atoms. The van der Waals surface area contributed by atoms with Crippen molar-refractivity contribution in [3.63, 3.8) is 0 Å². The van der Waals surface area contributed by atoms with Crippen LogP contribution in [0, 0.1) is 11.7 Å². The second-order valence-corrected chi connectivity index (χ2v) is 9.84. The average Bonchev–Trinajstić information content (AvgIpc) is 3.35. The quantitative estimate of drug-likeness (QED) is 0.280. The highest BCUT2D eigenvalue weighted by atomic mass is 19.1. The first-order chi connectivity index (χ1) is 19.3. The van der Waals surface area contributed by atoms with Crippen molar-refractivity contribution in [1.29, 1.82) is 0 Å². The van der Waals surface area contributed by atoms with Gasteiger partial charge < -0.3 is 19.7 Å². The number of nitrogens with one attached hydrogen (secondary N) is 1. The Hall–Kier alpha value is -4.47. The lowest BCUT2D eigenvalue weighted by atomic mass is 10.0. The van der Waals surface area contributed by atoms with E-state index in [2.05, 4.69) is 29.5 Å². The summed E-state index contributed by atoms with van der Waals surface area (Å²) >= 11 is 0. The standard InChI is InChI=1S/C30H34FN5O4/c1-20(2)16-17-32-30(38)28(23-8-7-11-26(39-3)29(23)40-4)35(18-21-12-14-22(31)15-13-21)27(37)19-36-25-10-6-5-9-24(25)33-34-36/h5-15,20,28H,16-19H2,1-4H3,(H,32,38). The lowest BCUT2D eigenvalue weighted by molar-refractivity contribution is -0.142. The molecule has 4 aromatic rings. The third-order valence-corrected chi connectivity index (χ3v) is 6.60. The van der Waals surface area contributed by atoms with Crippen molar-refractivity contribution < 1.29 is 23.5 Å². The molecule has 1 atom stereocenters. The van der Waals surface area contributed by atoms with Crippen LogP contribution < -0.4 is 14.8 Å². The molecule has 0 saturated heterocycles. The van der Waals surface area contributed by atoms with E-state index in [-0.39, 0.29) is 24.9 Å². The third-order valence-electron chi connectivity index (χ3n) is 6.60. The number of carbonyl (C=O) groups excluding carboxylic acids is 2. The first kappa shape index (κ1) is 28.5. The zero-order valence-electron chi connectivity index (χ0n) is 23.1. The summed E-state index contributed by atoms with van der Waals surface area (Å²) in [6, 6.07) is 17.3. The van der Waals surface area contributed by atoms with E-state index in [1.807, 2.05) is 24.3 Å². The lowest BCUT2D eigenvalue weighted by Crippen LogP contribution is -2.45. The molecule has 1 aromatic heterocycles. The van der Waals surface area contributed by atoms with Crippen LogP contribution in [0.5, 0.6) is 11.5 Å². The largest absolute Gasteiger partial charge is 0.493 e. The van der Waals surface area contributed by atoms with Gasteiger partial charge in [0.15, 0.2) is 11.5 Å². The average molecular weight is 548 g/mol. The van der Waals surface area contributed by atoms with Gasteiger partial charge in [-0.15, -0.1) is 5.10 Å². The van der Waals surface area contributed by atoms with E-state index in [0.29, 0.717) is 46.1 Å². The molecule has 1 N–H and O–H groups in total. The number of nitrogens with zero attached hydrogens (tertiary/aromatic N) is 4. The third kappa shape index (κ3) is 6.56. The summed E-state index contributed by atoms with van der Waals surface area (Å²) in [6.07, 6.45) is 0.768. The Morgan fingerprint density at radius 3 is 2.45 bits per heavy atom. The van der Waals surface area contributed by atoms with Crippen LogP contribution >= 0.6 is 0 Å². The Kier molecular flexibility index (Phi) is 9.31. The van der Waals surface area contributed by atoms with Gasteiger partial charge in [-0.3, -0.25) is 9.59 Å². The van der Waals surface area contributed by atoms with Crippen LogP contribution in [0.3, 0.4) is 0 Å². The summed E-state index contributed by atoms with van der Waals surface area (Å²) in [5.41, 5.74) is 2.45. The van der Waals surface area contributed by atoms with E-state index in [1.165, 1.54) is 35.9 Å². The molecule has 0 aliphatic carbocycles. The Balaban J connectivity index is 1.80. The molecule has 1 unspecified atom stereocenters. The predicted molar refractivity (Wildman–Crippen MR) is 149 cm³/mol. The lowest BCUT2D eigenvalue weighted by Gasteiger charge is -2.32. The van der Waals surface area contributed by atoms with Crippen molar-refractivity contribution in [2.75, 3.05) is 20.8 Å². The van der Waals surface area contributed by atoms with Crippen molar-refractivity contribution in [2.45, 2.75) is 39.4 Å². The van der Waals surface area contributed by atoms with Gasteiger partial charge in [0.05, 0.1) is 19.7 Å². The van der Waals surface area contributed by atoms with E-state index >= 15 is 0 Å². The number of aromatic nitrogens is 3. The topological polar surface area (TPSA) is 98.6 Å². The maximum absolute atomic E-state index is 14.1. The van der Waals surface area contributed by atoms with Crippen LogP contribution in [0.25, 0.3) is 11.0 Å². The maximum Gasteiger partial charge on any atom is 0.247 e. The van der Waals surface area contributed by atoms with Crippen LogP contribution in [0.15, 0.2) is 66.7 Å². The molecule has 9 nitrogen and oxygen atoms in total. The van der Waals surface area contributed by atoms with E-state index in [1.54, 1.807) is 30.3 Å². The molecule has 0 aliphatic rings. The van der Waals surface area contributed by atoms with Gasteiger partial charge in [0.1, 0.15) is 23.9 Å². The number of benzene rings is 3. The van der Waals surface area contributed by atoms with Crippen molar-refractivity contribution in [2.24, 2.45) is 5.92 Å². The van der Waals surface area contributed by atoms with E-state index < -0.39 is 11.9 Å². The van der Waals surface area contributed by atoms with Gasteiger partial charge in [-0.25, -0.2) is 9.07 Å². The molecule has 0 aliphatic heterocycles. The maximum atomic E-state index is 14.1. The second-order valence-electron chi connectivity index (χ2n) is 9.84. The SMILES string of the molecule is COc1cccc(C(C(=O)NCCC(C)C)N(Cc2ccc(F)cc2)C(=O)Cn2nnc3ccccc32)c1OC. The molecule has 2 amide bonds. The molecule has 0 spiro atoms. The molecule has 3 aromatic carbocycles. The molecule has 0 fully saturated rings. The number of amides is 2. The monoisotopic (exact) mass is 547 g/mol. The fraction of sp³-hybridized carbons (Fsp3) is 0.333. The number of hydrogen-bond acceptors (Lipinski definition) is 6. The minimum absolute atomic E-state index is 0.0361. The van der Waals surface area contributed by atoms with Crippen LogP contribution in [-0.4, -0.2) is 52.5 Å². The Labute approximate surface area is 232 Å². The number of rotatable bonds is 12. The summed E-state index contributed by atoms with van der Waals surface area (Å²) in [5.74, 6) is 0.00401. The Morgan fingerprint density at radius 2 is 1.75 bits per heavy atom. The number of halogens is 1. The summed E-state index contributed by atoms with van der Waals surface area (Å²) in [4.78, 5) is 29.5. The predicted octanol–water partition coefficient (Wildman–Crippen LogP) is 4.52. The molecule has 10 heteroatoms. The van der Waals surface area contributed by atoms with Gasteiger partial charge in [-0.05, 0) is 48.2 Å². The molecule has 40 heavy (non-hydrogen) atoms. The van der Waals surface area contributed by atoms with Gasteiger partial charge >= 0.3 is 0 Å². The fourth-order valence-corrected chi connectivity index (χ4v) is 4.52. The highest BCUT2D eigenvalue weighted by Crippen LogP contribution is 2.38. The van der Waals surface area contributed by atoms with Crippen LogP contribution in [-0.2, 0) is 22.7 Å². The summed E-state index contributed by atoms with van der Waals surface area (Å²) in [6.45, 7) is 4.45. The molecule has 4 rings (SSSR count). The second kappa shape index (κ2) is 13.1. The number of ether oxygens (including phenoxy) is 2. The zero-order valence-corrected chi connectivity index (χ0v) is 23.1. The number of fused-ring (bicyclic) bond motifs is 1. The van der Waals surface area contributed by atoms with E-state index in [0.717, 1.165) is 6.42 Å². The first-order valence-electron chi connectivity index (χ1n) is 13.1. The number of carbonyl (C=O) groups is 2. The van der Waals surface area contributed by atoms with Crippen LogP contribution in [0.2, 0.25) is 0 Å².